The Bertz CT molecular complexity index is 919. The molecule has 26 heavy (non-hydrogen) atoms. The second-order valence-electron chi connectivity index (χ2n) is 5.33. The molecule has 10 heteroatoms. The number of benzene rings is 2. The minimum Gasteiger partial charge on any atom is -0.482 e. The number of non-ortho nitro benzene ring substituents is 1. The Labute approximate surface area is 145 Å². The lowest BCUT2D eigenvalue weighted by molar-refractivity contribution is -0.384. The van der Waals surface area contributed by atoms with Crippen LogP contribution in [0.5, 0.6) is 5.75 Å². The summed E-state index contributed by atoms with van der Waals surface area (Å²) in [6.07, 6.45) is 0. The predicted molar refractivity (Wildman–Crippen MR) is 85.9 cm³/mol. The maximum atomic E-state index is 13.6. The van der Waals surface area contributed by atoms with E-state index >= 15 is 0 Å². The standard InChI is InChI=1S/C16H11F2N3O5/c17-10-2-1-3-11(16(10)18)19-14(22)7-20-12-6-9(21(24)25)4-5-13(12)26-8-15(20)23/h1-6H,7-8H2,(H,19,22). The van der Waals surface area contributed by atoms with Crippen LogP contribution in [0.1, 0.15) is 0 Å². The average molecular weight is 363 g/mol. The molecule has 1 heterocycles. The van der Waals surface area contributed by atoms with Gasteiger partial charge in [0.2, 0.25) is 5.91 Å². The van der Waals surface area contributed by atoms with E-state index in [1.165, 1.54) is 18.2 Å². The molecule has 0 fully saturated rings. The van der Waals surface area contributed by atoms with E-state index in [1.807, 2.05) is 0 Å². The number of hydrogen-bond donors (Lipinski definition) is 1. The van der Waals surface area contributed by atoms with Gasteiger partial charge in [-0.15, -0.1) is 0 Å². The Morgan fingerprint density at radius 2 is 2.08 bits per heavy atom. The number of fused-ring (bicyclic) bond motifs is 1. The summed E-state index contributed by atoms with van der Waals surface area (Å²) in [6.45, 7) is -0.904. The number of anilines is 2. The van der Waals surface area contributed by atoms with Crippen molar-refractivity contribution < 1.29 is 28.0 Å². The van der Waals surface area contributed by atoms with Crippen LogP contribution in [0.15, 0.2) is 36.4 Å². The molecule has 2 aromatic rings. The van der Waals surface area contributed by atoms with Crippen molar-refractivity contribution in [3.8, 4) is 5.75 Å². The zero-order chi connectivity index (χ0) is 18.8. The number of ether oxygens (including phenoxy) is 1. The summed E-state index contributed by atoms with van der Waals surface area (Å²) in [5.74, 6) is -3.58. The van der Waals surface area contributed by atoms with Gasteiger partial charge in [-0.2, -0.15) is 0 Å². The predicted octanol–water partition coefficient (Wildman–Crippen LogP) is 2.24. The molecule has 2 aromatic carbocycles. The van der Waals surface area contributed by atoms with E-state index in [4.69, 9.17) is 4.74 Å². The fraction of sp³-hybridized carbons (Fsp3) is 0.125. The zero-order valence-electron chi connectivity index (χ0n) is 13.1. The van der Waals surface area contributed by atoms with Crippen LogP contribution >= 0.6 is 0 Å². The van der Waals surface area contributed by atoms with E-state index in [1.54, 1.807) is 0 Å². The molecule has 3 rings (SSSR count). The van der Waals surface area contributed by atoms with Crippen LogP contribution in [0.2, 0.25) is 0 Å². The molecular formula is C16H11F2N3O5. The molecule has 0 saturated carbocycles. The Morgan fingerprint density at radius 3 is 2.81 bits per heavy atom. The van der Waals surface area contributed by atoms with E-state index in [0.717, 1.165) is 23.1 Å². The summed E-state index contributed by atoms with van der Waals surface area (Å²) in [4.78, 5) is 35.5. The fourth-order valence-electron chi connectivity index (χ4n) is 2.41. The highest BCUT2D eigenvalue weighted by atomic mass is 19.2. The Morgan fingerprint density at radius 1 is 1.31 bits per heavy atom. The number of amides is 2. The smallest absolute Gasteiger partial charge is 0.271 e. The van der Waals surface area contributed by atoms with Gasteiger partial charge in [-0.3, -0.25) is 24.6 Å². The van der Waals surface area contributed by atoms with Gasteiger partial charge >= 0.3 is 0 Å². The van der Waals surface area contributed by atoms with Crippen LogP contribution in [-0.4, -0.2) is 29.9 Å². The maximum absolute atomic E-state index is 13.6. The van der Waals surface area contributed by atoms with Crippen LogP contribution in [0, 0.1) is 21.7 Å². The Balaban J connectivity index is 1.84. The zero-order valence-corrected chi connectivity index (χ0v) is 13.1. The molecule has 0 bridgehead atoms. The highest BCUT2D eigenvalue weighted by molar-refractivity contribution is 6.05. The number of hydrogen-bond acceptors (Lipinski definition) is 5. The summed E-state index contributed by atoms with van der Waals surface area (Å²) in [7, 11) is 0. The third-order valence-electron chi connectivity index (χ3n) is 3.62. The van der Waals surface area contributed by atoms with Gasteiger partial charge in [0.05, 0.1) is 16.3 Å². The summed E-state index contributed by atoms with van der Waals surface area (Å²) < 4.78 is 32.0. The van der Waals surface area contributed by atoms with Crippen molar-refractivity contribution in [2.45, 2.75) is 0 Å². The monoisotopic (exact) mass is 363 g/mol. The summed E-state index contributed by atoms with van der Waals surface area (Å²) in [5, 5.41) is 13.1. The number of nitrogens with one attached hydrogen (secondary N) is 1. The third-order valence-corrected chi connectivity index (χ3v) is 3.62. The molecule has 134 valence electrons. The van der Waals surface area contributed by atoms with Gasteiger partial charge in [-0.25, -0.2) is 8.78 Å². The first-order valence-corrected chi connectivity index (χ1v) is 7.32. The summed E-state index contributed by atoms with van der Waals surface area (Å²) in [5.41, 5.74) is -0.621. The summed E-state index contributed by atoms with van der Waals surface area (Å²) in [6, 6.07) is 6.89. The lowest BCUT2D eigenvalue weighted by Crippen LogP contribution is -2.43. The second kappa shape index (κ2) is 6.75. The van der Waals surface area contributed by atoms with Gasteiger partial charge in [0, 0.05) is 12.1 Å². The number of nitro groups is 1. The first kappa shape index (κ1) is 17.3. The average Bonchev–Trinajstić information content (AvgIpc) is 2.61. The number of carbonyl (C=O) groups excluding carboxylic acids is 2. The van der Waals surface area contributed by atoms with Crippen molar-refractivity contribution in [2.75, 3.05) is 23.4 Å². The fourth-order valence-corrected chi connectivity index (χ4v) is 2.41. The molecule has 0 aliphatic carbocycles. The van der Waals surface area contributed by atoms with Gasteiger partial charge in [-0.05, 0) is 18.2 Å². The number of rotatable bonds is 4. The van der Waals surface area contributed by atoms with Crippen molar-refractivity contribution in [3.63, 3.8) is 0 Å². The molecule has 0 saturated heterocycles. The van der Waals surface area contributed by atoms with E-state index in [2.05, 4.69) is 5.32 Å². The minimum atomic E-state index is -1.23. The Kier molecular flexibility index (Phi) is 4.48. The molecule has 0 spiro atoms. The van der Waals surface area contributed by atoms with Gasteiger partial charge < -0.3 is 10.1 Å². The van der Waals surface area contributed by atoms with Crippen molar-refractivity contribution in [1.82, 2.24) is 0 Å². The lowest BCUT2D eigenvalue weighted by atomic mass is 10.2. The third kappa shape index (κ3) is 3.29. The summed E-state index contributed by atoms with van der Waals surface area (Å²) >= 11 is 0. The van der Waals surface area contributed by atoms with Gasteiger partial charge in [0.1, 0.15) is 12.3 Å². The maximum Gasteiger partial charge on any atom is 0.271 e. The first-order chi connectivity index (χ1) is 12.4. The molecule has 0 unspecified atom stereocenters. The Hall–Kier alpha value is -3.56. The van der Waals surface area contributed by atoms with Gasteiger partial charge in [-0.1, -0.05) is 6.07 Å². The van der Waals surface area contributed by atoms with Gasteiger partial charge in [0.25, 0.3) is 11.6 Å². The lowest BCUT2D eigenvalue weighted by Gasteiger charge is -2.28. The molecule has 0 aromatic heterocycles. The highest BCUT2D eigenvalue weighted by Gasteiger charge is 2.29. The number of nitro benzene ring substituents is 1. The highest BCUT2D eigenvalue weighted by Crippen LogP contribution is 2.35. The molecule has 8 nitrogen and oxygen atoms in total. The van der Waals surface area contributed by atoms with E-state index < -0.39 is 34.9 Å². The molecule has 1 aliphatic heterocycles. The van der Waals surface area contributed by atoms with Crippen LogP contribution in [0.3, 0.4) is 0 Å². The molecule has 2 amide bonds. The largest absolute Gasteiger partial charge is 0.482 e. The molecule has 0 atom stereocenters. The van der Waals surface area contributed by atoms with Crippen LogP contribution in [0.25, 0.3) is 0 Å². The second-order valence-corrected chi connectivity index (χ2v) is 5.33. The van der Waals surface area contributed by atoms with E-state index in [-0.39, 0.29) is 29.4 Å². The topological polar surface area (TPSA) is 102 Å². The minimum absolute atomic E-state index is 0.0466. The molecular weight excluding hydrogens is 352 g/mol. The number of carbonyl (C=O) groups is 2. The van der Waals surface area contributed by atoms with Crippen molar-refractivity contribution in [2.24, 2.45) is 0 Å². The molecule has 1 N–H and O–H groups in total. The van der Waals surface area contributed by atoms with Gasteiger partial charge in [0.15, 0.2) is 18.2 Å². The molecule has 0 radical (unpaired) electrons. The van der Waals surface area contributed by atoms with Crippen LogP contribution in [-0.2, 0) is 9.59 Å². The van der Waals surface area contributed by atoms with E-state index in [9.17, 15) is 28.5 Å². The van der Waals surface area contributed by atoms with Crippen molar-refractivity contribution in [3.05, 3.63) is 58.1 Å². The SMILES string of the molecule is O=C(CN1C(=O)COc2ccc([N+](=O)[O-])cc21)Nc1cccc(F)c1F. The number of nitrogens with zero attached hydrogens (tertiary/aromatic N) is 2. The van der Waals surface area contributed by atoms with E-state index in [0.29, 0.717) is 0 Å². The van der Waals surface area contributed by atoms with Crippen LogP contribution in [0.4, 0.5) is 25.8 Å². The van der Waals surface area contributed by atoms with Crippen molar-refractivity contribution >= 4 is 28.9 Å². The first-order valence-electron chi connectivity index (χ1n) is 7.32. The van der Waals surface area contributed by atoms with Crippen LogP contribution < -0.4 is 15.0 Å². The quantitative estimate of drug-likeness (QED) is 0.663. The number of halogens is 2. The normalized spacial score (nSPS) is 13.0. The van der Waals surface area contributed by atoms with Crippen molar-refractivity contribution in [1.29, 1.82) is 0 Å². The molecule has 1 aliphatic rings.